The first kappa shape index (κ1) is 16.5. The van der Waals surface area contributed by atoms with E-state index in [1.165, 1.54) is 18.5 Å². The zero-order chi connectivity index (χ0) is 15.5. The highest BCUT2D eigenvalue weighted by Crippen LogP contribution is 2.30. The largest absolute Gasteiger partial charge is 0.307 e. The van der Waals surface area contributed by atoms with Gasteiger partial charge in [0.05, 0.1) is 0 Å². The van der Waals surface area contributed by atoms with Crippen LogP contribution in [0, 0.1) is 11.3 Å². The Balaban J connectivity index is 2.09. The van der Waals surface area contributed by atoms with Gasteiger partial charge in [0.2, 0.25) is 0 Å². The van der Waals surface area contributed by atoms with Crippen LogP contribution in [0.2, 0.25) is 0 Å². The fourth-order valence-corrected chi connectivity index (χ4v) is 3.24. The lowest BCUT2D eigenvalue weighted by atomic mass is 9.83. The van der Waals surface area contributed by atoms with Gasteiger partial charge in [-0.1, -0.05) is 65.0 Å². The van der Waals surface area contributed by atoms with Gasteiger partial charge in [0.1, 0.15) is 0 Å². The first-order chi connectivity index (χ1) is 9.88. The van der Waals surface area contributed by atoms with Crippen molar-refractivity contribution in [3.63, 3.8) is 0 Å². The lowest BCUT2D eigenvalue weighted by Gasteiger charge is -2.47. The Kier molecular flexibility index (Phi) is 5.45. The molecule has 2 unspecified atom stereocenters. The van der Waals surface area contributed by atoms with E-state index in [1.54, 1.807) is 0 Å². The molecule has 1 fully saturated rings. The average Bonchev–Trinajstić information content (AvgIpc) is 2.44. The highest BCUT2D eigenvalue weighted by atomic mass is 15.2. The summed E-state index contributed by atoms with van der Waals surface area (Å²) in [5.74, 6) is 0.774. The van der Waals surface area contributed by atoms with Crippen LogP contribution in [0.5, 0.6) is 0 Å². The topological polar surface area (TPSA) is 15.3 Å². The molecular weight excluding hydrogens is 256 g/mol. The van der Waals surface area contributed by atoms with E-state index in [1.807, 2.05) is 0 Å². The molecule has 1 aliphatic heterocycles. The van der Waals surface area contributed by atoms with Crippen LogP contribution in [-0.4, -0.2) is 30.6 Å². The average molecular weight is 288 g/mol. The van der Waals surface area contributed by atoms with Crippen LogP contribution in [-0.2, 0) is 0 Å². The van der Waals surface area contributed by atoms with E-state index in [-0.39, 0.29) is 0 Å². The molecule has 1 N–H and O–H groups in total. The maximum absolute atomic E-state index is 3.77. The smallest absolute Gasteiger partial charge is 0.0449 e. The fraction of sp³-hybridized carbons (Fsp3) is 0.684. The van der Waals surface area contributed by atoms with Crippen molar-refractivity contribution in [3.05, 3.63) is 35.9 Å². The minimum absolute atomic E-state index is 0.325. The summed E-state index contributed by atoms with van der Waals surface area (Å²) in [5, 5.41) is 3.77. The second-order valence-electron chi connectivity index (χ2n) is 7.93. The number of piperazine rings is 1. The fourth-order valence-electron chi connectivity index (χ4n) is 3.24. The van der Waals surface area contributed by atoms with Crippen molar-refractivity contribution >= 4 is 0 Å². The highest BCUT2D eigenvalue weighted by molar-refractivity contribution is 5.20. The van der Waals surface area contributed by atoms with Crippen molar-refractivity contribution in [1.82, 2.24) is 10.2 Å². The Labute approximate surface area is 130 Å². The summed E-state index contributed by atoms with van der Waals surface area (Å²) < 4.78 is 0. The van der Waals surface area contributed by atoms with Crippen LogP contribution in [0.15, 0.2) is 30.3 Å². The van der Waals surface area contributed by atoms with Crippen molar-refractivity contribution < 1.29 is 0 Å². The van der Waals surface area contributed by atoms with E-state index in [2.05, 4.69) is 75.2 Å². The molecule has 0 aliphatic carbocycles. The van der Waals surface area contributed by atoms with Gasteiger partial charge in [-0.25, -0.2) is 0 Å². The molecule has 1 saturated heterocycles. The summed E-state index contributed by atoms with van der Waals surface area (Å²) in [4.78, 5) is 2.72. The summed E-state index contributed by atoms with van der Waals surface area (Å²) in [6.07, 6.45) is 1.29. The number of hydrogen-bond donors (Lipinski definition) is 1. The van der Waals surface area contributed by atoms with E-state index in [0.29, 0.717) is 17.5 Å². The number of hydrogen-bond acceptors (Lipinski definition) is 2. The molecule has 1 aromatic rings. The molecule has 2 nitrogen and oxygen atoms in total. The number of nitrogens with zero attached hydrogens (tertiary/aromatic N) is 1. The minimum atomic E-state index is 0.325. The predicted octanol–water partition coefficient (Wildman–Crippen LogP) is 4.09. The zero-order valence-corrected chi connectivity index (χ0v) is 14.4. The molecule has 21 heavy (non-hydrogen) atoms. The van der Waals surface area contributed by atoms with Gasteiger partial charge in [-0.15, -0.1) is 0 Å². The Bertz CT molecular complexity index is 419. The van der Waals surface area contributed by atoms with E-state index >= 15 is 0 Å². The van der Waals surface area contributed by atoms with Gasteiger partial charge in [-0.2, -0.15) is 0 Å². The molecule has 0 bridgehead atoms. The van der Waals surface area contributed by atoms with Crippen molar-refractivity contribution in [3.8, 4) is 0 Å². The van der Waals surface area contributed by atoms with Gasteiger partial charge < -0.3 is 5.32 Å². The summed E-state index contributed by atoms with van der Waals surface area (Å²) >= 11 is 0. The molecule has 0 spiro atoms. The third-order valence-corrected chi connectivity index (χ3v) is 4.61. The molecule has 0 radical (unpaired) electrons. The lowest BCUT2D eigenvalue weighted by molar-refractivity contribution is 0.0518. The van der Waals surface area contributed by atoms with Crippen LogP contribution < -0.4 is 5.32 Å². The SMILES string of the molecule is CC(C)CCN1CC(c2ccccc2)NCC1C(C)(C)C. The Morgan fingerprint density at radius 3 is 2.43 bits per heavy atom. The molecular formula is C19H32N2. The van der Waals surface area contributed by atoms with Gasteiger partial charge in [0.15, 0.2) is 0 Å². The van der Waals surface area contributed by atoms with Gasteiger partial charge in [-0.3, -0.25) is 4.90 Å². The molecule has 0 aromatic heterocycles. The Hall–Kier alpha value is -0.860. The van der Waals surface area contributed by atoms with E-state index in [4.69, 9.17) is 0 Å². The van der Waals surface area contributed by atoms with Crippen LogP contribution in [0.4, 0.5) is 0 Å². The molecule has 2 atom stereocenters. The van der Waals surface area contributed by atoms with Crippen LogP contribution in [0.25, 0.3) is 0 Å². The quantitative estimate of drug-likeness (QED) is 0.897. The number of nitrogens with one attached hydrogen (secondary N) is 1. The molecule has 2 heteroatoms. The maximum Gasteiger partial charge on any atom is 0.0449 e. The minimum Gasteiger partial charge on any atom is -0.307 e. The number of benzene rings is 1. The van der Waals surface area contributed by atoms with Gasteiger partial charge in [-0.05, 0) is 29.9 Å². The second-order valence-corrected chi connectivity index (χ2v) is 7.93. The second kappa shape index (κ2) is 6.93. The molecule has 0 amide bonds. The van der Waals surface area contributed by atoms with Crippen LogP contribution >= 0.6 is 0 Å². The van der Waals surface area contributed by atoms with Gasteiger partial charge in [0.25, 0.3) is 0 Å². The summed E-state index contributed by atoms with van der Waals surface area (Å²) in [5.41, 5.74) is 1.74. The molecule has 118 valence electrons. The van der Waals surface area contributed by atoms with E-state index in [0.717, 1.165) is 19.0 Å². The third-order valence-electron chi connectivity index (χ3n) is 4.61. The number of rotatable bonds is 4. The molecule has 2 rings (SSSR count). The summed E-state index contributed by atoms with van der Waals surface area (Å²) in [6.45, 7) is 15.2. The third kappa shape index (κ3) is 4.55. The normalized spacial score (nSPS) is 24.5. The van der Waals surface area contributed by atoms with Gasteiger partial charge in [0, 0.05) is 25.2 Å². The Morgan fingerprint density at radius 2 is 1.86 bits per heavy atom. The molecule has 1 aromatic carbocycles. The lowest BCUT2D eigenvalue weighted by Crippen LogP contribution is -2.57. The monoisotopic (exact) mass is 288 g/mol. The van der Waals surface area contributed by atoms with Gasteiger partial charge >= 0.3 is 0 Å². The highest BCUT2D eigenvalue weighted by Gasteiger charge is 2.35. The first-order valence-electron chi connectivity index (χ1n) is 8.40. The van der Waals surface area contributed by atoms with Crippen molar-refractivity contribution in [2.75, 3.05) is 19.6 Å². The predicted molar refractivity (Wildman–Crippen MR) is 91.5 cm³/mol. The standard InChI is InChI=1S/C19H32N2/c1-15(2)11-12-21-14-17(16-9-7-6-8-10-16)20-13-18(21)19(3,4)5/h6-10,15,17-18,20H,11-14H2,1-5H3. The Morgan fingerprint density at radius 1 is 1.19 bits per heavy atom. The van der Waals surface area contributed by atoms with Crippen molar-refractivity contribution in [1.29, 1.82) is 0 Å². The molecule has 0 saturated carbocycles. The first-order valence-corrected chi connectivity index (χ1v) is 8.40. The van der Waals surface area contributed by atoms with Crippen LogP contribution in [0.3, 0.4) is 0 Å². The van der Waals surface area contributed by atoms with Crippen molar-refractivity contribution in [2.45, 2.75) is 53.1 Å². The van der Waals surface area contributed by atoms with E-state index < -0.39 is 0 Å². The molecule has 1 aliphatic rings. The zero-order valence-electron chi connectivity index (χ0n) is 14.4. The summed E-state index contributed by atoms with van der Waals surface area (Å²) in [6, 6.07) is 12.0. The maximum atomic E-state index is 3.77. The van der Waals surface area contributed by atoms with Crippen LogP contribution in [0.1, 0.15) is 52.6 Å². The van der Waals surface area contributed by atoms with Crippen molar-refractivity contribution in [2.24, 2.45) is 11.3 Å². The summed E-state index contributed by atoms with van der Waals surface area (Å²) in [7, 11) is 0. The van der Waals surface area contributed by atoms with E-state index in [9.17, 15) is 0 Å². The molecule has 1 heterocycles.